The van der Waals surface area contributed by atoms with E-state index in [9.17, 15) is 9.59 Å². The molecule has 0 saturated carbocycles. The van der Waals surface area contributed by atoms with E-state index in [1.165, 1.54) is 20.2 Å². The Hall–Kier alpha value is -3.35. The van der Waals surface area contributed by atoms with Crippen molar-refractivity contribution in [2.45, 2.75) is 26.7 Å². The van der Waals surface area contributed by atoms with Crippen molar-refractivity contribution in [3.05, 3.63) is 53.6 Å². The molecule has 0 aliphatic carbocycles. The van der Waals surface area contributed by atoms with E-state index in [4.69, 9.17) is 14.2 Å². The number of carbonyl (C=O) groups is 2. The Morgan fingerprint density at radius 2 is 1.86 bits per heavy atom. The van der Waals surface area contributed by atoms with Crippen LogP contribution in [0.4, 0.5) is 0 Å². The number of nitrogens with one attached hydrogen (secondary N) is 1. The van der Waals surface area contributed by atoms with E-state index < -0.39 is 5.97 Å². The largest absolute Gasteiger partial charge is 0.494 e. The van der Waals surface area contributed by atoms with E-state index in [0.717, 1.165) is 12.8 Å². The fourth-order valence-electron chi connectivity index (χ4n) is 2.23. The molecule has 7 heteroatoms. The summed E-state index contributed by atoms with van der Waals surface area (Å²) in [5, 5.41) is 3.79. The zero-order chi connectivity index (χ0) is 20.4. The number of nitrogens with zero attached hydrogens (tertiary/aromatic N) is 1. The quantitative estimate of drug-likeness (QED) is 0.235. The van der Waals surface area contributed by atoms with E-state index in [-0.39, 0.29) is 11.7 Å². The molecule has 0 saturated heterocycles. The van der Waals surface area contributed by atoms with Crippen molar-refractivity contribution >= 4 is 18.1 Å². The Kier molecular flexibility index (Phi) is 8.02. The molecule has 1 amide bonds. The molecule has 0 bridgehead atoms. The predicted octanol–water partition coefficient (Wildman–Crippen LogP) is 3.56. The minimum atomic E-state index is -0.502. The molecule has 7 nitrogen and oxygen atoms in total. The van der Waals surface area contributed by atoms with Gasteiger partial charge in [0.1, 0.15) is 5.75 Å². The summed E-state index contributed by atoms with van der Waals surface area (Å²) in [6.07, 6.45) is 3.51. The number of hydrogen-bond donors (Lipinski definition) is 1. The van der Waals surface area contributed by atoms with Crippen LogP contribution in [0.5, 0.6) is 17.2 Å². The lowest BCUT2D eigenvalue weighted by Gasteiger charge is -2.10. The lowest BCUT2D eigenvalue weighted by molar-refractivity contribution is -0.118. The maximum Gasteiger partial charge on any atom is 0.343 e. The molecule has 2 rings (SSSR count). The van der Waals surface area contributed by atoms with Gasteiger partial charge in [-0.2, -0.15) is 5.10 Å². The number of hydrazone groups is 1. The molecule has 0 radical (unpaired) electrons. The van der Waals surface area contributed by atoms with Gasteiger partial charge >= 0.3 is 5.97 Å². The average molecular weight is 384 g/mol. The molecule has 1 N–H and O–H groups in total. The number of rotatable bonds is 9. The highest BCUT2D eigenvalue weighted by molar-refractivity contribution is 5.91. The van der Waals surface area contributed by atoms with Gasteiger partial charge in [0.25, 0.3) is 0 Å². The summed E-state index contributed by atoms with van der Waals surface area (Å²) in [6, 6.07) is 11.7. The lowest BCUT2D eigenvalue weighted by atomic mass is 10.2. The van der Waals surface area contributed by atoms with Crippen molar-refractivity contribution in [3.8, 4) is 17.2 Å². The summed E-state index contributed by atoms with van der Waals surface area (Å²) in [6.45, 7) is 4.11. The van der Waals surface area contributed by atoms with Crippen molar-refractivity contribution in [1.82, 2.24) is 5.43 Å². The second-order valence-electron chi connectivity index (χ2n) is 5.95. The summed E-state index contributed by atoms with van der Waals surface area (Å²) < 4.78 is 16.3. The lowest BCUT2D eigenvalue weighted by Crippen LogP contribution is -2.12. The Morgan fingerprint density at radius 1 is 1.11 bits per heavy atom. The third kappa shape index (κ3) is 6.42. The van der Waals surface area contributed by atoms with Crippen LogP contribution in [0.3, 0.4) is 0 Å². The fourth-order valence-corrected chi connectivity index (χ4v) is 2.23. The number of amides is 1. The minimum Gasteiger partial charge on any atom is -0.494 e. The monoisotopic (exact) mass is 384 g/mol. The van der Waals surface area contributed by atoms with Gasteiger partial charge in [-0.25, -0.2) is 10.2 Å². The van der Waals surface area contributed by atoms with Crippen LogP contribution in [0.2, 0.25) is 0 Å². The van der Waals surface area contributed by atoms with Gasteiger partial charge in [-0.3, -0.25) is 4.79 Å². The number of ether oxygens (including phenoxy) is 3. The second-order valence-corrected chi connectivity index (χ2v) is 5.95. The van der Waals surface area contributed by atoms with E-state index in [0.29, 0.717) is 29.2 Å². The molecule has 0 atom stereocenters. The standard InChI is InChI=1S/C21H24N2O5/c1-4-5-12-27-18-9-7-17(8-10-18)21(25)28-19-11-6-16(13-20(19)26-3)14-22-23-15(2)24/h6-11,13-14H,4-5,12H2,1-3H3,(H,23,24). The van der Waals surface area contributed by atoms with E-state index >= 15 is 0 Å². The first kappa shape index (κ1) is 21.0. The van der Waals surface area contributed by atoms with Crippen molar-refractivity contribution in [2.75, 3.05) is 13.7 Å². The molecule has 0 aliphatic rings. The van der Waals surface area contributed by atoms with Crippen LogP contribution in [0.1, 0.15) is 42.6 Å². The molecule has 0 heterocycles. The number of esters is 1. The second kappa shape index (κ2) is 10.7. The highest BCUT2D eigenvalue weighted by Gasteiger charge is 2.13. The van der Waals surface area contributed by atoms with E-state index in [2.05, 4.69) is 17.5 Å². The number of methoxy groups -OCH3 is 1. The van der Waals surface area contributed by atoms with Crippen LogP contribution < -0.4 is 19.6 Å². The molecule has 0 aliphatic heterocycles. The van der Waals surface area contributed by atoms with Gasteiger partial charge < -0.3 is 14.2 Å². The molecule has 0 spiro atoms. The first-order chi connectivity index (χ1) is 13.5. The van der Waals surface area contributed by atoms with Crippen LogP contribution >= 0.6 is 0 Å². The van der Waals surface area contributed by atoms with Crippen molar-refractivity contribution in [3.63, 3.8) is 0 Å². The first-order valence-corrected chi connectivity index (χ1v) is 8.96. The van der Waals surface area contributed by atoms with Gasteiger partial charge in [0, 0.05) is 6.92 Å². The number of carbonyl (C=O) groups excluding carboxylic acids is 2. The smallest absolute Gasteiger partial charge is 0.343 e. The van der Waals surface area contributed by atoms with Gasteiger partial charge in [-0.05, 0) is 54.4 Å². The van der Waals surface area contributed by atoms with Crippen molar-refractivity contribution in [2.24, 2.45) is 5.10 Å². The third-order valence-corrected chi connectivity index (χ3v) is 3.68. The molecule has 0 unspecified atom stereocenters. The molecule has 0 fully saturated rings. The molecular weight excluding hydrogens is 360 g/mol. The maximum atomic E-state index is 12.4. The minimum absolute atomic E-state index is 0.268. The number of benzene rings is 2. The third-order valence-electron chi connectivity index (χ3n) is 3.68. The Labute approximate surface area is 164 Å². The van der Waals surface area contributed by atoms with Gasteiger partial charge in [0.15, 0.2) is 11.5 Å². The van der Waals surface area contributed by atoms with E-state index in [1.807, 2.05) is 0 Å². The first-order valence-electron chi connectivity index (χ1n) is 8.96. The molecule has 2 aromatic rings. The van der Waals surface area contributed by atoms with Gasteiger partial charge in [-0.1, -0.05) is 13.3 Å². The van der Waals surface area contributed by atoms with Gasteiger partial charge in [0.2, 0.25) is 5.91 Å². The summed E-state index contributed by atoms with van der Waals surface area (Å²) in [5.41, 5.74) is 3.40. The summed E-state index contributed by atoms with van der Waals surface area (Å²) in [7, 11) is 1.48. The summed E-state index contributed by atoms with van der Waals surface area (Å²) in [4.78, 5) is 23.2. The summed E-state index contributed by atoms with van der Waals surface area (Å²) >= 11 is 0. The summed E-state index contributed by atoms with van der Waals surface area (Å²) in [5.74, 6) is 0.603. The Balaban J connectivity index is 2.04. The molecule has 28 heavy (non-hydrogen) atoms. The van der Waals surface area contributed by atoms with E-state index in [1.54, 1.807) is 42.5 Å². The van der Waals surface area contributed by atoms with Crippen molar-refractivity contribution in [1.29, 1.82) is 0 Å². The normalized spacial score (nSPS) is 10.5. The maximum absolute atomic E-state index is 12.4. The van der Waals surface area contributed by atoms with Crippen LogP contribution in [-0.4, -0.2) is 31.8 Å². The zero-order valence-corrected chi connectivity index (χ0v) is 16.2. The highest BCUT2D eigenvalue weighted by atomic mass is 16.6. The predicted molar refractivity (Wildman–Crippen MR) is 106 cm³/mol. The topological polar surface area (TPSA) is 86.2 Å². The molecular formula is C21H24N2O5. The zero-order valence-electron chi connectivity index (χ0n) is 16.2. The SMILES string of the molecule is CCCCOc1ccc(C(=O)Oc2ccc(C=NNC(C)=O)cc2OC)cc1. The van der Waals surface area contributed by atoms with Crippen LogP contribution in [0.15, 0.2) is 47.6 Å². The van der Waals surface area contributed by atoms with Crippen LogP contribution in [0, 0.1) is 0 Å². The highest BCUT2D eigenvalue weighted by Crippen LogP contribution is 2.28. The van der Waals surface area contributed by atoms with Crippen LogP contribution in [-0.2, 0) is 4.79 Å². The number of hydrogen-bond acceptors (Lipinski definition) is 6. The molecule has 148 valence electrons. The molecule has 2 aromatic carbocycles. The molecule has 0 aromatic heterocycles. The Morgan fingerprint density at radius 3 is 2.50 bits per heavy atom. The van der Waals surface area contributed by atoms with Crippen LogP contribution in [0.25, 0.3) is 0 Å². The van der Waals surface area contributed by atoms with Crippen molar-refractivity contribution < 1.29 is 23.8 Å². The van der Waals surface area contributed by atoms with Gasteiger partial charge in [-0.15, -0.1) is 0 Å². The average Bonchev–Trinajstić information content (AvgIpc) is 2.69. The fraction of sp³-hybridized carbons (Fsp3) is 0.286. The van der Waals surface area contributed by atoms with Gasteiger partial charge in [0.05, 0.1) is 25.5 Å². The Bertz CT molecular complexity index is 831. The number of unbranched alkanes of at least 4 members (excludes halogenated alkanes) is 1.